The van der Waals surface area contributed by atoms with E-state index in [0.29, 0.717) is 23.8 Å². The van der Waals surface area contributed by atoms with E-state index in [2.05, 4.69) is 18.7 Å². The molecule has 2 aromatic carbocycles. The maximum absolute atomic E-state index is 13.8. The van der Waals surface area contributed by atoms with Gasteiger partial charge in [-0.15, -0.1) is 0 Å². The molecule has 0 spiro atoms. The number of likely N-dealkylation sites (tertiary alicyclic amines) is 1. The van der Waals surface area contributed by atoms with Gasteiger partial charge in [0, 0.05) is 12.5 Å². The fourth-order valence-corrected chi connectivity index (χ4v) is 5.38. The van der Waals surface area contributed by atoms with Gasteiger partial charge in [0.1, 0.15) is 5.75 Å². The molecule has 0 saturated carbocycles. The van der Waals surface area contributed by atoms with Gasteiger partial charge in [0.2, 0.25) is 12.7 Å². The number of carboxylic acids is 1. The minimum absolute atomic E-state index is 0.0393. The van der Waals surface area contributed by atoms with Crippen molar-refractivity contribution in [2.45, 2.75) is 51.5 Å². The van der Waals surface area contributed by atoms with Crippen LogP contribution >= 0.6 is 0 Å². The number of aliphatic carboxylic acids is 1. The van der Waals surface area contributed by atoms with Crippen molar-refractivity contribution in [2.75, 3.05) is 40.1 Å². The van der Waals surface area contributed by atoms with Crippen LogP contribution in [0.15, 0.2) is 42.5 Å². The van der Waals surface area contributed by atoms with Gasteiger partial charge in [-0.2, -0.15) is 0 Å². The first-order valence-electron chi connectivity index (χ1n) is 13.2. The number of carboxylic acid groups (broad SMARTS) is 1. The van der Waals surface area contributed by atoms with Crippen LogP contribution in [0, 0.1) is 5.92 Å². The van der Waals surface area contributed by atoms with Crippen LogP contribution in [0.5, 0.6) is 17.2 Å². The lowest BCUT2D eigenvalue weighted by molar-refractivity contribution is -0.144. The number of benzene rings is 2. The molecule has 0 aliphatic carbocycles. The predicted molar refractivity (Wildman–Crippen MR) is 140 cm³/mol. The van der Waals surface area contributed by atoms with Gasteiger partial charge in [-0.3, -0.25) is 14.5 Å². The highest BCUT2D eigenvalue weighted by atomic mass is 16.7. The minimum atomic E-state index is -0.924. The van der Waals surface area contributed by atoms with Gasteiger partial charge in [-0.1, -0.05) is 44.9 Å². The van der Waals surface area contributed by atoms with E-state index < -0.39 is 17.9 Å². The lowest BCUT2D eigenvalue weighted by atomic mass is 9.82. The number of ether oxygens (including phenoxy) is 3. The third-order valence-electron chi connectivity index (χ3n) is 7.41. The first-order valence-corrected chi connectivity index (χ1v) is 13.2. The predicted octanol–water partition coefficient (Wildman–Crippen LogP) is 4.69. The first-order chi connectivity index (χ1) is 18.0. The van der Waals surface area contributed by atoms with Crippen LogP contribution in [0.1, 0.15) is 62.6 Å². The summed E-state index contributed by atoms with van der Waals surface area (Å²) in [6.07, 6.45) is 4.16. The number of rotatable bonds is 12. The van der Waals surface area contributed by atoms with Gasteiger partial charge in [-0.25, -0.2) is 0 Å². The molecule has 3 unspecified atom stereocenters. The molecular formula is C29H38N2O6. The van der Waals surface area contributed by atoms with E-state index in [1.807, 2.05) is 42.5 Å². The molecule has 1 amide bonds. The van der Waals surface area contributed by atoms with E-state index >= 15 is 0 Å². The Hall–Kier alpha value is -3.26. The number of unbranched alkanes of at least 4 members (excludes halogenated alkanes) is 2. The van der Waals surface area contributed by atoms with Crippen molar-refractivity contribution in [1.82, 2.24) is 9.80 Å². The fraction of sp³-hybridized carbons (Fsp3) is 0.517. The zero-order valence-corrected chi connectivity index (χ0v) is 22.0. The molecule has 0 radical (unpaired) electrons. The summed E-state index contributed by atoms with van der Waals surface area (Å²) < 4.78 is 16.3. The molecule has 37 heavy (non-hydrogen) atoms. The summed E-state index contributed by atoms with van der Waals surface area (Å²) in [5.41, 5.74) is 1.62. The molecule has 2 aliphatic rings. The Balaban J connectivity index is 1.68. The molecule has 2 heterocycles. The highest BCUT2D eigenvalue weighted by molar-refractivity contribution is 5.82. The maximum atomic E-state index is 13.8. The van der Waals surface area contributed by atoms with Crippen LogP contribution in [0.3, 0.4) is 0 Å². The molecule has 8 nitrogen and oxygen atoms in total. The van der Waals surface area contributed by atoms with Crippen molar-refractivity contribution >= 4 is 11.9 Å². The van der Waals surface area contributed by atoms with E-state index in [4.69, 9.17) is 14.2 Å². The summed E-state index contributed by atoms with van der Waals surface area (Å²) in [6, 6.07) is 12.4. The number of amides is 1. The number of hydrogen-bond acceptors (Lipinski definition) is 6. The van der Waals surface area contributed by atoms with Crippen molar-refractivity contribution < 1.29 is 28.9 Å². The topological polar surface area (TPSA) is 88.5 Å². The molecule has 0 aromatic heterocycles. The summed E-state index contributed by atoms with van der Waals surface area (Å²) in [5.74, 6) is -0.215. The van der Waals surface area contributed by atoms with Crippen LogP contribution in [-0.4, -0.2) is 66.9 Å². The Labute approximate surface area is 219 Å². The molecule has 0 bridgehead atoms. The minimum Gasteiger partial charge on any atom is -0.497 e. The second-order valence-electron chi connectivity index (χ2n) is 9.83. The van der Waals surface area contributed by atoms with E-state index in [1.165, 1.54) is 0 Å². The van der Waals surface area contributed by atoms with Crippen LogP contribution in [0.4, 0.5) is 0 Å². The molecule has 4 rings (SSSR count). The number of fused-ring (bicyclic) bond motifs is 1. The van der Waals surface area contributed by atoms with Crippen molar-refractivity contribution in [3.05, 3.63) is 53.6 Å². The average Bonchev–Trinajstić information content (AvgIpc) is 3.55. The van der Waals surface area contributed by atoms with Crippen LogP contribution in [-0.2, 0) is 9.59 Å². The molecule has 8 heteroatoms. The average molecular weight is 511 g/mol. The zero-order chi connectivity index (χ0) is 26.4. The van der Waals surface area contributed by atoms with Crippen molar-refractivity contribution in [2.24, 2.45) is 5.92 Å². The lowest BCUT2D eigenvalue weighted by Crippen LogP contribution is -2.42. The number of nitrogens with zero attached hydrogens (tertiary/aromatic N) is 2. The molecule has 200 valence electrons. The Morgan fingerprint density at radius 2 is 1.65 bits per heavy atom. The lowest BCUT2D eigenvalue weighted by Gasteiger charge is -2.30. The number of carbonyl (C=O) groups excluding carboxylic acids is 1. The third kappa shape index (κ3) is 6.01. The summed E-state index contributed by atoms with van der Waals surface area (Å²) >= 11 is 0. The Morgan fingerprint density at radius 3 is 2.27 bits per heavy atom. The van der Waals surface area contributed by atoms with E-state index in [1.54, 1.807) is 12.0 Å². The largest absolute Gasteiger partial charge is 0.497 e. The van der Waals surface area contributed by atoms with Gasteiger partial charge in [0.05, 0.1) is 25.6 Å². The summed E-state index contributed by atoms with van der Waals surface area (Å²) in [6.45, 7) is 6.76. The Bertz CT molecular complexity index is 1060. The molecular weight excluding hydrogens is 472 g/mol. The Kier molecular flexibility index (Phi) is 8.92. The smallest absolute Gasteiger partial charge is 0.309 e. The number of methoxy groups -OCH3 is 1. The highest BCUT2D eigenvalue weighted by Gasteiger charge is 2.49. The summed E-state index contributed by atoms with van der Waals surface area (Å²) in [4.78, 5) is 30.6. The fourth-order valence-electron chi connectivity index (χ4n) is 5.38. The van der Waals surface area contributed by atoms with Gasteiger partial charge in [0.15, 0.2) is 11.5 Å². The van der Waals surface area contributed by atoms with Crippen LogP contribution < -0.4 is 14.2 Å². The van der Waals surface area contributed by atoms with Crippen molar-refractivity contribution in [3.63, 3.8) is 0 Å². The molecule has 1 fully saturated rings. The Morgan fingerprint density at radius 1 is 1.00 bits per heavy atom. The monoisotopic (exact) mass is 510 g/mol. The normalized spacial score (nSPS) is 20.4. The van der Waals surface area contributed by atoms with Crippen LogP contribution in [0.25, 0.3) is 0 Å². The van der Waals surface area contributed by atoms with Crippen molar-refractivity contribution in [3.8, 4) is 17.2 Å². The van der Waals surface area contributed by atoms with Crippen molar-refractivity contribution in [1.29, 1.82) is 0 Å². The summed E-state index contributed by atoms with van der Waals surface area (Å²) in [7, 11) is 1.59. The van der Waals surface area contributed by atoms with Gasteiger partial charge in [-0.05, 0) is 61.3 Å². The molecule has 1 N–H and O–H groups in total. The van der Waals surface area contributed by atoms with Gasteiger partial charge >= 0.3 is 5.97 Å². The molecule has 2 aromatic rings. The zero-order valence-electron chi connectivity index (χ0n) is 22.0. The maximum Gasteiger partial charge on any atom is 0.309 e. The van der Waals surface area contributed by atoms with Crippen LogP contribution in [0.2, 0.25) is 0 Å². The number of carbonyl (C=O) groups is 2. The highest BCUT2D eigenvalue weighted by Crippen LogP contribution is 2.48. The standard InChI is InChI=1S/C29H38N2O6/c1-4-6-14-30(15-7-5-2)18-26(32)31-17-23(21-10-13-24-25(16-21)37-19-36-24)27(29(33)34)28(31)20-8-11-22(35-3)12-9-20/h8-13,16,23,27-28H,4-7,14-15,17-19H2,1-3H3,(H,33,34). The second-order valence-corrected chi connectivity index (χ2v) is 9.83. The number of hydrogen-bond donors (Lipinski definition) is 1. The van der Waals surface area contributed by atoms with E-state index in [-0.39, 0.29) is 25.2 Å². The third-order valence-corrected chi connectivity index (χ3v) is 7.41. The van der Waals surface area contributed by atoms with E-state index in [0.717, 1.165) is 49.9 Å². The molecule has 2 aliphatic heterocycles. The van der Waals surface area contributed by atoms with Gasteiger partial charge in [0.25, 0.3) is 0 Å². The first kappa shape index (κ1) is 26.8. The molecule has 1 saturated heterocycles. The second kappa shape index (κ2) is 12.3. The van der Waals surface area contributed by atoms with E-state index in [9.17, 15) is 14.7 Å². The quantitative estimate of drug-likeness (QED) is 0.443. The SMILES string of the molecule is CCCCN(CCCC)CC(=O)N1CC(c2ccc3c(c2)OCO3)C(C(=O)O)C1c1ccc(OC)cc1. The van der Waals surface area contributed by atoms with Gasteiger partial charge < -0.3 is 24.2 Å². The summed E-state index contributed by atoms with van der Waals surface area (Å²) in [5, 5.41) is 10.5. The molecule has 3 atom stereocenters.